The van der Waals surface area contributed by atoms with Crippen molar-refractivity contribution in [3.8, 4) is 0 Å². The summed E-state index contributed by atoms with van der Waals surface area (Å²) < 4.78 is 5.34. The van der Waals surface area contributed by atoms with Crippen LogP contribution in [-0.2, 0) is 9.59 Å². The lowest BCUT2D eigenvalue weighted by atomic mass is 10.2. The normalized spacial score (nSPS) is 12.0. The van der Waals surface area contributed by atoms with Crippen LogP contribution in [-0.4, -0.2) is 42.3 Å². The van der Waals surface area contributed by atoms with Crippen molar-refractivity contribution in [1.82, 2.24) is 15.2 Å². The summed E-state index contributed by atoms with van der Waals surface area (Å²) >= 11 is 0. The molecule has 7 heteroatoms. The number of rotatable bonds is 5. The molecule has 0 aliphatic heterocycles. The molecule has 2 aromatic rings. The highest BCUT2D eigenvalue weighted by molar-refractivity contribution is 6.39. The maximum atomic E-state index is 11.9. The van der Waals surface area contributed by atoms with E-state index >= 15 is 0 Å². The fourth-order valence-corrected chi connectivity index (χ4v) is 1.91. The molecule has 0 aliphatic rings. The number of pyridine rings is 1. The molecule has 0 radical (unpaired) electrons. The van der Waals surface area contributed by atoms with Gasteiger partial charge in [0.2, 0.25) is 0 Å². The van der Waals surface area contributed by atoms with E-state index in [1.54, 1.807) is 24.5 Å². The number of aromatic nitrogens is 1. The predicted octanol–water partition coefficient (Wildman–Crippen LogP) is 1.03. The molecule has 2 amide bonds. The van der Waals surface area contributed by atoms with Crippen LogP contribution < -0.4 is 10.6 Å². The standard InChI is InChI=1S/C15H18N4O3/c1-19(2)12(13-4-3-9-22-13)10-17-14(20)15(21)18-11-5-7-16-8-6-11/h3-9,12H,10H2,1-2H3,(H,17,20)(H,16,18,21)/t12-/m0/s1. The molecule has 0 unspecified atom stereocenters. The first-order valence-corrected chi connectivity index (χ1v) is 6.77. The number of amides is 2. The summed E-state index contributed by atoms with van der Waals surface area (Å²) in [5, 5.41) is 5.11. The average Bonchev–Trinajstić information content (AvgIpc) is 3.02. The van der Waals surface area contributed by atoms with E-state index in [0.717, 1.165) is 5.76 Å². The summed E-state index contributed by atoms with van der Waals surface area (Å²) in [6, 6.07) is 6.68. The number of carbonyl (C=O) groups is 2. The quantitative estimate of drug-likeness (QED) is 0.806. The average molecular weight is 302 g/mol. The molecule has 0 bridgehead atoms. The van der Waals surface area contributed by atoms with Gasteiger partial charge in [0.1, 0.15) is 5.76 Å². The van der Waals surface area contributed by atoms with Gasteiger partial charge >= 0.3 is 11.8 Å². The van der Waals surface area contributed by atoms with E-state index in [0.29, 0.717) is 5.69 Å². The molecule has 22 heavy (non-hydrogen) atoms. The Balaban J connectivity index is 1.89. The Morgan fingerprint density at radius 2 is 1.95 bits per heavy atom. The number of hydrogen-bond acceptors (Lipinski definition) is 5. The van der Waals surface area contributed by atoms with Crippen molar-refractivity contribution in [2.24, 2.45) is 0 Å². The van der Waals surface area contributed by atoms with Crippen LogP contribution in [0.5, 0.6) is 0 Å². The van der Waals surface area contributed by atoms with E-state index in [9.17, 15) is 9.59 Å². The van der Waals surface area contributed by atoms with E-state index in [4.69, 9.17) is 4.42 Å². The lowest BCUT2D eigenvalue weighted by molar-refractivity contribution is -0.136. The van der Waals surface area contributed by atoms with Crippen LogP contribution in [0.3, 0.4) is 0 Å². The van der Waals surface area contributed by atoms with Crippen LogP contribution in [0.2, 0.25) is 0 Å². The van der Waals surface area contributed by atoms with Gasteiger partial charge in [0.05, 0.1) is 12.3 Å². The highest BCUT2D eigenvalue weighted by Gasteiger charge is 2.20. The molecule has 1 atom stereocenters. The van der Waals surface area contributed by atoms with Crippen LogP contribution in [0.1, 0.15) is 11.8 Å². The maximum absolute atomic E-state index is 11.9. The molecule has 2 heterocycles. The first-order valence-electron chi connectivity index (χ1n) is 6.77. The predicted molar refractivity (Wildman–Crippen MR) is 81.0 cm³/mol. The second-order valence-electron chi connectivity index (χ2n) is 4.89. The summed E-state index contributed by atoms with van der Waals surface area (Å²) in [5.74, 6) is -0.696. The van der Waals surface area contributed by atoms with Crippen molar-refractivity contribution in [3.63, 3.8) is 0 Å². The van der Waals surface area contributed by atoms with Gasteiger partial charge in [-0.25, -0.2) is 0 Å². The van der Waals surface area contributed by atoms with Gasteiger partial charge in [-0.05, 0) is 38.4 Å². The Hall–Kier alpha value is -2.67. The first kappa shape index (κ1) is 15.7. The fourth-order valence-electron chi connectivity index (χ4n) is 1.91. The van der Waals surface area contributed by atoms with Crippen molar-refractivity contribution in [3.05, 3.63) is 48.7 Å². The largest absolute Gasteiger partial charge is 0.468 e. The number of carbonyl (C=O) groups excluding carboxylic acids is 2. The van der Waals surface area contributed by atoms with Gasteiger partial charge < -0.3 is 15.1 Å². The topological polar surface area (TPSA) is 87.5 Å². The minimum absolute atomic E-state index is 0.146. The summed E-state index contributed by atoms with van der Waals surface area (Å²) in [7, 11) is 3.74. The molecule has 0 saturated heterocycles. The molecule has 2 N–H and O–H groups in total. The van der Waals surface area contributed by atoms with Gasteiger partial charge in [-0.15, -0.1) is 0 Å². The van der Waals surface area contributed by atoms with Crippen molar-refractivity contribution in [2.45, 2.75) is 6.04 Å². The van der Waals surface area contributed by atoms with E-state index in [1.165, 1.54) is 12.4 Å². The highest BCUT2D eigenvalue weighted by atomic mass is 16.3. The summed E-state index contributed by atoms with van der Waals surface area (Å²) in [6.07, 6.45) is 4.64. The second kappa shape index (κ2) is 7.37. The number of nitrogens with one attached hydrogen (secondary N) is 2. The monoisotopic (exact) mass is 302 g/mol. The van der Waals surface area contributed by atoms with E-state index < -0.39 is 11.8 Å². The molecular formula is C15H18N4O3. The molecule has 7 nitrogen and oxygen atoms in total. The SMILES string of the molecule is CN(C)[C@@H](CNC(=O)C(=O)Nc1ccncc1)c1ccco1. The minimum atomic E-state index is -0.719. The summed E-state index contributed by atoms with van der Waals surface area (Å²) in [4.78, 5) is 29.4. The molecule has 0 aliphatic carbocycles. The minimum Gasteiger partial charge on any atom is -0.468 e. The molecule has 2 aromatic heterocycles. The Bertz CT molecular complexity index is 611. The van der Waals surface area contributed by atoms with Gasteiger partial charge in [0.25, 0.3) is 0 Å². The third kappa shape index (κ3) is 4.16. The maximum Gasteiger partial charge on any atom is 0.313 e. The zero-order valence-electron chi connectivity index (χ0n) is 12.4. The van der Waals surface area contributed by atoms with Crippen LogP contribution in [0.25, 0.3) is 0 Å². The van der Waals surface area contributed by atoms with E-state index in [-0.39, 0.29) is 12.6 Å². The van der Waals surface area contributed by atoms with Gasteiger partial charge in [0.15, 0.2) is 0 Å². The molecule has 0 spiro atoms. The van der Waals surface area contributed by atoms with Crippen molar-refractivity contribution in [1.29, 1.82) is 0 Å². The lowest BCUT2D eigenvalue weighted by Crippen LogP contribution is -2.40. The van der Waals surface area contributed by atoms with Gasteiger partial charge in [-0.2, -0.15) is 0 Å². The number of hydrogen-bond donors (Lipinski definition) is 2. The molecule has 0 aromatic carbocycles. The van der Waals surface area contributed by atoms with Gasteiger partial charge in [0, 0.05) is 24.6 Å². The van der Waals surface area contributed by atoms with Crippen LogP contribution in [0.15, 0.2) is 47.3 Å². The Labute approximate surface area is 128 Å². The Morgan fingerprint density at radius 1 is 1.23 bits per heavy atom. The molecule has 116 valence electrons. The van der Waals surface area contributed by atoms with Gasteiger partial charge in [-0.3, -0.25) is 19.5 Å². The van der Waals surface area contributed by atoms with Crippen LogP contribution >= 0.6 is 0 Å². The summed E-state index contributed by atoms with van der Waals surface area (Å²) in [6.45, 7) is 0.267. The Kier molecular flexibility index (Phi) is 5.26. The van der Waals surface area contributed by atoms with E-state index in [2.05, 4.69) is 15.6 Å². The highest BCUT2D eigenvalue weighted by Crippen LogP contribution is 2.17. The van der Waals surface area contributed by atoms with E-state index in [1.807, 2.05) is 25.1 Å². The first-order chi connectivity index (χ1) is 10.6. The molecule has 0 fully saturated rings. The smallest absolute Gasteiger partial charge is 0.313 e. The third-order valence-electron chi connectivity index (χ3n) is 3.10. The van der Waals surface area contributed by atoms with Crippen molar-refractivity contribution >= 4 is 17.5 Å². The molecular weight excluding hydrogens is 284 g/mol. The van der Waals surface area contributed by atoms with Crippen molar-refractivity contribution < 1.29 is 14.0 Å². The van der Waals surface area contributed by atoms with Crippen LogP contribution in [0.4, 0.5) is 5.69 Å². The number of nitrogens with zero attached hydrogens (tertiary/aromatic N) is 2. The zero-order valence-corrected chi connectivity index (χ0v) is 12.4. The lowest BCUT2D eigenvalue weighted by Gasteiger charge is -2.22. The van der Waals surface area contributed by atoms with Crippen molar-refractivity contribution in [2.75, 3.05) is 26.0 Å². The fraction of sp³-hybridized carbons (Fsp3) is 0.267. The number of furan rings is 1. The molecule has 2 rings (SSSR count). The number of anilines is 1. The Morgan fingerprint density at radius 3 is 2.55 bits per heavy atom. The third-order valence-corrected chi connectivity index (χ3v) is 3.10. The van der Waals surface area contributed by atoms with Gasteiger partial charge in [-0.1, -0.05) is 0 Å². The summed E-state index contributed by atoms with van der Waals surface area (Å²) in [5.41, 5.74) is 0.519. The number of likely N-dealkylation sites (N-methyl/N-ethyl adjacent to an activating group) is 1. The van der Waals surface area contributed by atoms with Crippen LogP contribution in [0, 0.1) is 0 Å². The zero-order chi connectivity index (χ0) is 15.9. The molecule has 0 saturated carbocycles. The second-order valence-corrected chi connectivity index (χ2v) is 4.89.